The van der Waals surface area contributed by atoms with E-state index in [1.807, 2.05) is 22.9 Å². The average Bonchev–Trinajstić information content (AvgIpc) is 3.34. The maximum Gasteiger partial charge on any atom is 0.319 e. The molecule has 4 rings (SSSR count). The number of hydrogen-bond acceptors (Lipinski definition) is 5. The largest absolute Gasteiger partial charge is 0.337 e. The van der Waals surface area contributed by atoms with Crippen LogP contribution in [0.2, 0.25) is 0 Å². The van der Waals surface area contributed by atoms with Crippen molar-refractivity contribution < 1.29 is 9.18 Å². The fourth-order valence-electron chi connectivity index (χ4n) is 2.44. The first-order valence-corrected chi connectivity index (χ1v) is 9.63. The monoisotopic (exact) mass is 387 g/mol. The summed E-state index contributed by atoms with van der Waals surface area (Å²) < 4.78 is 15.3. The molecule has 1 aromatic carbocycles. The Hall–Kier alpha value is -2.78. The quantitative estimate of drug-likeness (QED) is 0.543. The maximum atomic E-state index is 13.5. The Labute approximate surface area is 156 Å². The van der Waals surface area contributed by atoms with Crippen LogP contribution in [0.3, 0.4) is 0 Å². The van der Waals surface area contributed by atoms with E-state index in [2.05, 4.69) is 20.7 Å². The second kappa shape index (κ2) is 7.22. The minimum absolute atomic E-state index is 0.153. The number of halogens is 1. The number of carbonyl (C=O) groups excluding carboxylic acids is 1. The maximum absolute atomic E-state index is 13.5. The Kier molecular flexibility index (Phi) is 4.63. The molecule has 3 heterocycles. The number of anilines is 1. The van der Waals surface area contributed by atoms with Crippen LogP contribution < -0.4 is 10.6 Å². The Balaban J connectivity index is 1.37. The molecule has 0 fully saturated rings. The van der Waals surface area contributed by atoms with Crippen LogP contribution in [0.15, 0.2) is 47.2 Å². The third-order valence-electron chi connectivity index (χ3n) is 3.68. The van der Waals surface area contributed by atoms with Gasteiger partial charge in [-0.1, -0.05) is 18.2 Å². The van der Waals surface area contributed by atoms with Crippen LogP contribution in [0, 0.1) is 5.82 Å². The number of rotatable bonds is 5. The predicted molar refractivity (Wildman–Crippen MR) is 101 cm³/mol. The number of amides is 2. The molecule has 26 heavy (non-hydrogen) atoms. The number of hydrogen-bond donors (Lipinski definition) is 2. The molecule has 6 nitrogen and oxygen atoms in total. The minimum atomic E-state index is -0.467. The standard InChI is InChI=1S/C17H14FN5OS2/c18-12-4-1-2-5-13(12)20-16(24)19-8-7-11-10-26-17-21-15(22-23(11)17)14-6-3-9-25-14/h1-6,9-10H,7-8H2,(H2,19,20,24). The highest BCUT2D eigenvalue weighted by Gasteiger charge is 2.12. The first-order chi connectivity index (χ1) is 12.7. The molecule has 2 amide bonds. The van der Waals surface area contributed by atoms with Crippen LogP contribution in [0.5, 0.6) is 0 Å². The van der Waals surface area contributed by atoms with E-state index < -0.39 is 11.8 Å². The molecule has 4 aromatic rings. The van der Waals surface area contributed by atoms with Crippen molar-refractivity contribution in [2.75, 3.05) is 11.9 Å². The van der Waals surface area contributed by atoms with Gasteiger partial charge in [-0.05, 0) is 23.6 Å². The fraction of sp³-hybridized carbons (Fsp3) is 0.118. The second-order valence-corrected chi connectivity index (χ2v) is 7.23. The number of aromatic nitrogens is 3. The topological polar surface area (TPSA) is 71.3 Å². The highest BCUT2D eigenvalue weighted by Crippen LogP contribution is 2.24. The van der Waals surface area contributed by atoms with Gasteiger partial charge in [-0.25, -0.2) is 13.7 Å². The van der Waals surface area contributed by atoms with E-state index in [1.54, 1.807) is 28.0 Å². The summed E-state index contributed by atoms with van der Waals surface area (Å²) in [6, 6.07) is 9.55. The van der Waals surface area contributed by atoms with Gasteiger partial charge in [-0.3, -0.25) is 0 Å². The smallest absolute Gasteiger partial charge is 0.319 e. The van der Waals surface area contributed by atoms with Crippen LogP contribution in [-0.2, 0) is 6.42 Å². The van der Waals surface area contributed by atoms with Crippen molar-refractivity contribution in [2.45, 2.75) is 6.42 Å². The van der Waals surface area contributed by atoms with Crippen molar-refractivity contribution in [3.05, 3.63) is 58.7 Å². The van der Waals surface area contributed by atoms with Crippen molar-refractivity contribution in [3.8, 4) is 10.7 Å². The van der Waals surface area contributed by atoms with Gasteiger partial charge in [-0.15, -0.1) is 27.8 Å². The Morgan fingerprint density at radius 2 is 2.08 bits per heavy atom. The summed E-state index contributed by atoms with van der Waals surface area (Å²) in [6.45, 7) is 0.403. The van der Waals surface area contributed by atoms with Crippen LogP contribution in [0.1, 0.15) is 5.69 Å². The molecule has 0 aliphatic heterocycles. The zero-order valence-electron chi connectivity index (χ0n) is 13.5. The summed E-state index contributed by atoms with van der Waals surface area (Å²) in [5.41, 5.74) is 1.12. The molecular weight excluding hydrogens is 373 g/mol. The lowest BCUT2D eigenvalue weighted by Gasteiger charge is -2.07. The van der Waals surface area contributed by atoms with Gasteiger partial charge in [0.25, 0.3) is 0 Å². The van der Waals surface area contributed by atoms with Gasteiger partial charge >= 0.3 is 6.03 Å². The summed E-state index contributed by atoms with van der Waals surface area (Å²) in [5, 5.41) is 13.7. The third kappa shape index (κ3) is 3.44. The lowest BCUT2D eigenvalue weighted by atomic mass is 10.3. The molecular formula is C17H14FN5OS2. The first kappa shape index (κ1) is 16.7. The highest BCUT2D eigenvalue weighted by atomic mass is 32.1. The molecule has 0 bridgehead atoms. The molecule has 0 saturated heterocycles. The number of nitrogens with one attached hydrogen (secondary N) is 2. The number of benzene rings is 1. The molecule has 2 N–H and O–H groups in total. The SMILES string of the molecule is O=C(NCCc1csc2nc(-c3cccs3)nn12)Nc1ccccc1F. The van der Waals surface area contributed by atoms with Crippen molar-refractivity contribution in [1.29, 1.82) is 0 Å². The molecule has 0 spiro atoms. The number of nitrogens with zero attached hydrogens (tertiary/aromatic N) is 3. The van der Waals surface area contributed by atoms with E-state index in [0.29, 0.717) is 18.8 Å². The third-order valence-corrected chi connectivity index (χ3v) is 5.41. The Morgan fingerprint density at radius 1 is 1.19 bits per heavy atom. The van der Waals surface area contributed by atoms with Crippen LogP contribution in [0.4, 0.5) is 14.9 Å². The van der Waals surface area contributed by atoms with Gasteiger partial charge in [0.05, 0.1) is 16.3 Å². The fourth-order valence-corrected chi connectivity index (χ4v) is 3.95. The number of para-hydroxylation sites is 1. The van der Waals surface area contributed by atoms with Crippen LogP contribution in [0.25, 0.3) is 15.7 Å². The van der Waals surface area contributed by atoms with E-state index >= 15 is 0 Å². The number of thiophene rings is 1. The Bertz CT molecular complexity index is 1040. The van der Waals surface area contributed by atoms with Gasteiger partial charge in [0.1, 0.15) is 5.82 Å². The van der Waals surface area contributed by atoms with Crippen molar-refractivity contribution in [2.24, 2.45) is 0 Å². The summed E-state index contributed by atoms with van der Waals surface area (Å²) in [6.07, 6.45) is 0.595. The summed E-state index contributed by atoms with van der Waals surface area (Å²) in [5.74, 6) is 0.240. The molecule has 0 unspecified atom stereocenters. The second-order valence-electron chi connectivity index (χ2n) is 5.44. The number of fused-ring (bicyclic) bond motifs is 1. The van der Waals surface area contributed by atoms with E-state index in [-0.39, 0.29) is 5.69 Å². The van der Waals surface area contributed by atoms with E-state index in [0.717, 1.165) is 15.5 Å². The minimum Gasteiger partial charge on any atom is -0.337 e. The van der Waals surface area contributed by atoms with Gasteiger partial charge in [-0.2, -0.15) is 4.98 Å². The van der Waals surface area contributed by atoms with Crippen molar-refractivity contribution >= 4 is 39.4 Å². The van der Waals surface area contributed by atoms with E-state index in [9.17, 15) is 9.18 Å². The van der Waals surface area contributed by atoms with Gasteiger partial charge < -0.3 is 10.6 Å². The molecule has 3 aromatic heterocycles. The summed E-state index contributed by atoms with van der Waals surface area (Å²) in [4.78, 5) is 18.3. The van der Waals surface area contributed by atoms with Crippen LogP contribution >= 0.6 is 22.7 Å². The average molecular weight is 387 g/mol. The van der Waals surface area contributed by atoms with E-state index in [4.69, 9.17) is 0 Å². The van der Waals surface area contributed by atoms with Gasteiger partial charge in [0.15, 0.2) is 5.82 Å². The van der Waals surface area contributed by atoms with Crippen LogP contribution in [-0.4, -0.2) is 27.2 Å². The molecule has 0 aliphatic rings. The Morgan fingerprint density at radius 3 is 2.88 bits per heavy atom. The van der Waals surface area contributed by atoms with Crippen molar-refractivity contribution in [3.63, 3.8) is 0 Å². The molecule has 9 heteroatoms. The van der Waals surface area contributed by atoms with Crippen molar-refractivity contribution in [1.82, 2.24) is 19.9 Å². The van der Waals surface area contributed by atoms with Gasteiger partial charge in [0, 0.05) is 18.3 Å². The lowest BCUT2D eigenvalue weighted by molar-refractivity contribution is 0.252. The molecule has 0 aliphatic carbocycles. The predicted octanol–water partition coefficient (Wildman–Crippen LogP) is 4.02. The molecule has 0 saturated carbocycles. The van der Waals surface area contributed by atoms with E-state index in [1.165, 1.54) is 23.5 Å². The summed E-state index contributed by atoms with van der Waals surface area (Å²) >= 11 is 3.11. The molecule has 0 radical (unpaired) electrons. The lowest BCUT2D eigenvalue weighted by Crippen LogP contribution is -2.30. The number of thiazole rings is 1. The summed E-state index contributed by atoms with van der Waals surface area (Å²) in [7, 11) is 0. The number of carbonyl (C=O) groups is 1. The normalized spacial score (nSPS) is 11.0. The molecule has 132 valence electrons. The zero-order chi connectivity index (χ0) is 17.9. The zero-order valence-corrected chi connectivity index (χ0v) is 15.1. The molecule has 0 atom stereocenters. The first-order valence-electron chi connectivity index (χ1n) is 7.87. The number of urea groups is 1. The van der Waals surface area contributed by atoms with Gasteiger partial charge in [0.2, 0.25) is 4.96 Å². The highest BCUT2D eigenvalue weighted by molar-refractivity contribution is 7.15.